The monoisotopic (exact) mass is 455 g/mol. The highest BCUT2D eigenvalue weighted by molar-refractivity contribution is 5.93. The van der Waals surface area contributed by atoms with Crippen molar-refractivity contribution in [2.75, 3.05) is 18.0 Å². The maximum Gasteiger partial charge on any atom is 0.156 e. The lowest BCUT2D eigenvalue weighted by Gasteiger charge is -2.53. The van der Waals surface area contributed by atoms with Crippen LogP contribution in [-0.2, 0) is 4.79 Å². The summed E-state index contributed by atoms with van der Waals surface area (Å²) in [6, 6.07) is 9.28. The second-order valence-corrected chi connectivity index (χ2v) is 11.7. The van der Waals surface area contributed by atoms with Gasteiger partial charge in [-0.25, -0.2) is 0 Å². The zero-order chi connectivity index (χ0) is 23.5. The first-order valence-electron chi connectivity index (χ1n) is 13.5. The molecule has 0 radical (unpaired) electrons. The van der Waals surface area contributed by atoms with Crippen molar-refractivity contribution in [3.63, 3.8) is 0 Å². The van der Waals surface area contributed by atoms with Crippen molar-refractivity contribution >= 4 is 11.5 Å². The molecule has 5 aliphatic rings. The van der Waals surface area contributed by atoms with Crippen LogP contribution in [0.1, 0.15) is 82.6 Å². The van der Waals surface area contributed by atoms with E-state index in [1.54, 1.807) is 5.57 Å². The van der Waals surface area contributed by atoms with Gasteiger partial charge in [-0.05, 0) is 105 Å². The lowest BCUT2D eigenvalue weighted by molar-refractivity contribution is -0.114. The maximum atomic E-state index is 12.2. The van der Waals surface area contributed by atoms with Crippen molar-refractivity contribution in [1.82, 2.24) is 0 Å². The van der Waals surface area contributed by atoms with Crippen molar-refractivity contribution in [1.29, 1.82) is 0 Å². The van der Waals surface area contributed by atoms with Crippen molar-refractivity contribution in [3.05, 3.63) is 52.6 Å². The Morgan fingerprint density at radius 3 is 2.56 bits per heavy atom. The molecule has 178 valence electrons. The molecule has 0 unspecified atom stereocenters. The highest BCUT2D eigenvalue weighted by Crippen LogP contribution is 2.66. The van der Waals surface area contributed by atoms with E-state index in [1.807, 2.05) is 6.08 Å². The number of rotatable bonds is 2. The summed E-state index contributed by atoms with van der Waals surface area (Å²) < 4.78 is 0. The number of carbonyl (C=O) groups is 1. The molecule has 0 bridgehead atoms. The van der Waals surface area contributed by atoms with Crippen LogP contribution in [0.5, 0.6) is 0 Å². The van der Waals surface area contributed by atoms with Gasteiger partial charge in [-0.15, -0.1) is 6.42 Å². The molecule has 1 aliphatic heterocycles. The molecule has 2 saturated carbocycles. The Morgan fingerprint density at radius 1 is 1.06 bits per heavy atom. The van der Waals surface area contributed by atoms with Gasteiger partial charge in [-0.3, -0.25) is 4.79 Å². The van der Waals surface area contributed by atoms with Crippen LogP contribution in [-0.4, -0.2) is 29.6 Å². The number of carbonyl (C=O) groups excluding carboxylic acids is 1. The number of allylic oxidation sites excluding steroid dienone is 4. The van der Waals surface area contributed by atoms with Gasteiger partial charge in [0.2, 0.25) is 0 Å². The number of terminal acetylenes is 1. The van der Waals surface area contributed by atoms with E-state index in [0.717, 1.165) is 45.2 Å². The van der Waals surface area contributed by atoms with Crippen LogP contribution in [0.25, 0.3) is 0 Å². The first-order chi connectivity index (χ1) is 16.4. The zero-order valence-corrected chi connectivity index (χ0v) is 20.5. The number of anilines is 1. The molecule has 1 aromatic rings. The van der Waals surface area contributed by atoms with Gasteiger partial charge in [-0.1, -0.05) is 30.6 Å². The summed E-state index contributed by atoms with van der Waals surface area (Å²) >= 11 is 0. The van der Waals surface area contributed by atoms with Gasteiger partial charge in [0.1, 0.15) is 5.60 Å². The molecule has 3 heteroatoms. The summed E-state index contributed by atoms with van der Waals surface area (Å²) in [7, 11) is 0. The lowest BCUT2D eigenvalue weighted by atomic mass is 9.51. The predicted octanol–water partition coefficient (Wildman–Crippen LogP) is 5.94. The smallest absolute Gasteiger partial charge is 0.156 e. The van der Waals surface area contributed by atoms with E-state index in [1.165, 1.54) is 41.7 Å². The molecule has 5 atom stereocenters. The number of aliphatic hydroxyl groups is 1. The molecule has 3 nitrogen and oxygen atoms in total. The molecule has 34 heavy (non-hydrogen) atoms. The summed E-state index contributed by atoms with van der Waals surface area (Å²) in [6.07, 6.45) is 17.9. The maximum absolute atomic E-state index is 12.2. The Balaban J connectivity index is 1.44. The summed E-state index contributed by atoms with van der Waals surface area (Å²) in [5.41, 5.74) is 5.67. The Labute approximate surface area is 204 Å². The predicted molar refractivity (Wildman–Crippen MR) is 137 cm³/mol. The highest BCUT2D eigenvalue weighted by atomic mass is 16.3. The minimum absolute atomic E-state index is 0.256. The second kappa shape index (κ2) is 8.13. The number of nitrogens with zero attached hydrogens (tertiary/aromatic N) is 1. The third-order valence-electron chi connectivity index (χ3n) is 10.1. The number of ketones is 1. The van der Waals surface area contributed by atoms with Crippen LogP contribution >= 0.6 is 0 Å². The third-order valence-corrected chi connectivity index (χ3v) is 10.1. The van der Waals surface area contributed by atoms with Crippen LogP contribution in [0.15, 0.2) is 47.1 Å². The molecule has 1 N–H and O–H groups in total. The van der Waals surface area contributed by atoms with E-state index in [2.05, 4.69) is 42.0 Å². The van der Waals surface area contributed by atoms with Crippen LogP contribution in [0.4, 0.5) is 5.69 Å². The summed E-state index contributed by atoms with van der Waals surface area (Å²) in [5, 5.41) is 11.6. The molecular formula is C31H37NO2. The van der Waals surface area contributed by atoms with E-state index in [4.69, 9.17) is 6.42 Å². The van der Waals surface area contributed by atoms with Crippen molar-refractivity contribution in [3.8, 4) is 12.3 Å². The van der Waals surface area contributed by atoms with Crippen molar-refractivity contribution < 1.29 is 9.90 Å². The first kappa shape index (κ1) is 22.2. The Kier molecular flexibility index (Phi) is 5.30. The van der Waals surface area contributed by atoms with Crippen molar-refractivity contribution in [2.45, 2.75) is 82.7 Å². The number of hydrogen-bond acceptors (Lipinski definition) is 3. The van der Waals surface area contributed by atoms with Gasteiger partial charge >= 0.3 is 0 Å². The van der Waals surface area contributed by atoms with E-state index in [9.17, 15) is 9.90 Å². The molecule has 3 fully saturated rings. The van der Waals surface area contributed by atoms with Crippen LogP contribution in [0.2, 0.25) is 0 Å². The van der Waals surface area contributed by atoms with E-state index in [-0.39, 0.29) is 17.1 Å². The fourth-order valence-corrected chi connectivity index (χ4v) is 8.27. The zero-order valence-electron chi connectivity index (χ0n) is 20.5. The highest BCUT2D eigenvalue weighted by Gasteiger charge is 2.62. The largest absolute Gasteiger partial charge is 0.377 e. The Hall–Kier alpha value is -2.31. The first-order valence-corrected chi connectivity index (χ1v) is 13.5. The van der Waals surface area contributed by atoms with Crippen LogP contribution < -0.4 is 4.90 Å². The number of benzene rings is 1. The lowest BCUT2D eigenvalue weighted by Crippen LogP contribution is -2.50. The fraction of sp³-hybridized carbons (Fsp3) is 0.581. The van der Waals surface area contributed by atoms with Crippen LogP contribution in [0, 0.1) is 29.6 Å². The molecule has 0 amide bonds. The SMILES string of the molecule is C#C[C@]1(O)CC[C@H]2[C@@H]3CCC4=CC(=O)CCC4=C3[C@@H](c3ccc(N4CCCCC4)cc3)C[C@]21C. The van der Waals surface area contributed by atoms with Crippen molar-refractivity contribution in [2.24, 2.45) is 17.3 Å². The summed E-state index contributed by atoms with van der Waals surface area (Å²) in [5.74, 6) is 4.24. The average molecular weight is 456 g/mol. The van der Waals surface area contributed by atoms with Gasteiger partial charge in [0, 0.05) is 36.5 Å². The molecular weight excluding hydrogens is 418 g/mol. The molecule has 1 aromatic carbocycles. The average Bonchev–Trinajstić information content (AvgIpc) is 3.14. The van der Waals surface area contributed by atoms with E-state index in [0.29, 0.717) is 24.7 Å². The summed E-state index contributed by atoms with van der Waals surface area (Å²) in [4.78, 5) is 14.7. The van der Waals surface area contributed by atoms with Gasteiger partial charge in [0.05, 0.1) is 0 Å². The molecule has 1 saturated heterocycles. The Morgan fingerprint density at radius 2 is 1.82 bits per heavy atom. The van der Waals surface area contributed by atoms with Gasteiger partial charge < -0.3 is 10.0 Å². The number of hydrogen-bond donors (Lipinski definition) is 1. The normalized spacial score (nSPS) is 37.4. The topological polar surface area (TPSA) is 40.5 Å². The van der Waals surface area contributed by atoms with E-state index < -0.39 is 5.60 Å². The van der Waals surface area contributed by atoms with E-state index >= 15 is 0 Å². The second-order valence-electron chi connectivity index (χ2n) is 11.7. The van der Waals surface area contributed by atoms with Gasteiger partial charge in [-0.2, -0.15) is 0 Å². The molecule has 0 spiro atoms. The fourth-order valence-electron chi connectivity index (χ4n) is 8.27. The minimum atomic E-state index is -1.03. The molecule has 0 aromatic heterocycles. The van der Waals surface area contributed by atoms with Crippen LogP contribution in [0.3, 0.4) is 0 Å². The summed E-state index contributed by atoms with van der Waals surface area (Å²) in [6.45, 7) is 4.56. The molecule has 4 aliphatic carbocycles. The number of piperidine rings is 1. The molecule has 1 heterocycles. The quantitative estimate of drug-likeness (QED) is 0.561. The minimum Gasteiger partial charge on any atom is -0.377 e. The standard InChI is InChI=1S/C31H37NO2/c1-3-31(34)16-15-28-26-13-9-22-19-24(33)12-14-25(22)29(26)27(20-30(28,31)2)21-7-10-23(11-8-21)32-17-5-4-6-18-32/h1,7-8,10-11,19,26-28,34H,4-6,9,12-18,20H2,2H3/t26-,27+,28-,30+,31-/m0/s1. The third kappa shape index (κ3) is 3.25. The van der Waals surface area contributed by atoms with Gasteiger partial charge in [0.15, 0.2) is 5.78 Å². The Bertz CT molecular complexity index is 1100. The van der Waals surface area contributed by atoms with Gasteiger partial charge in [0.25, 0.3) is 0 Å². The number of fused-ring (bicyclic) bond motifs is 4. The molecule has 6 rings (SSSR count).